The van der Waals surface area contributed by atoms with Gasteiger partial charge in [-0.1, -0.05) is 30.3 Å². The summed E-state index contributed by atoms with van der Waals surface area (Å²) in [6.45, 7) is 2.96. The van der Waals surface area contributed by atoms with Gasteiger partial charge in [-0.3, -0.25) is 9.59 Å². The zero-order chi connectivity index (χ0) is 20.9. The fourth-order valence-corrected chi connectivity index (χ4v) is 3.86. The molecule has 0 spiro atoms. The minimum atomic E-state index is -0.329. The highest BCUT2D eigenvalue weighted by atomic mass is 16.7. The van der Waals surface area contributed by atoms with Gasteiger partial charge in [0.1, 0.15) is 0 Å². The van der Waals surface area contributed by atoms with Crippen molar-refractivity contribution in [3.63, 3.8) is 0 Å². The predicted molar refractivity (Wildman–Crippen MR) is 113 cm³/mol. The number of ether oxygens (including phenoxy) is 2. The maximum Gasteiger partial charge on any atom is 0.231 e. The quantitative estimate of drug-likeness (QED) is 0.678. The largest absolute Gasteiger partial charge is 0.454 e. The van der Waals surface area contributed by atoms with E-state index in [9.17, 15) is 9.59 Å². The molecule has 158 valence electrons. The molecule has 4 rings (SSSR count). The first kappa shape index (κ1) is 20.2. The molecule has 2 aromatic rings. The molecule has 0 aromatic heterocycles. The molecule has 2 aliphatic heterocycles. The van der Waals surface area contributed by atoms with Gasteiger partial charge in [-0.05, 0) is 37.7 Å². The molecule has 1 unspecified atom stereocenters. The van der Waals surface area contributed by atoms with E-state index in [0.717, 1.165) is 25.2 Å². The number of carbonyl (C=O) groups is 2. The average molecular weight is 409 g/mol. The summed E-state index contributed by atoms with van der Waals surface area (Å²) < 4.78 is 10.7. The van der Waals surface area contributed by atoms with Crippen LogP contribution in [0.2, 0.25) is 0 Å². The second-order valence-electron chi connectivity index (χ2n) is 7.81. The number of hydrogen-bond acceptors (Lipinski definition) is 5. The summed E-state index contributed by atoms with van der Waals surface area (Å²) in [5, 5.41) is 2.99. The van der Waals surface area contributed by atoms with Gasteiger partial charge in [-0.25, -0.2) is 0 Å². The lowest BCUT2D eigenvalue weighted by molar-refractivity contribution is -0.126. The lowest BCUT2D eigenvalue weighted by Crippen LogP contribution is -2.34. The van der Waals surface area contributed by atoms with Crippen molar-refractivity contribution in [1.82, 2.24) is 10.2 Å². The van der Waals surface area contributed by atoms with Gasteiger partial charge in [0.2, 0.25) is 18.6 Å². The molecular weight excluding hydrogens is 382 g/mol. The number of fused-ring (bicyclic) bond motifs is 1. The van der Waals surface area contributed by atoms with Gasteiger partial charge < -0.3 is 24.6 Å². The van der Waals surface area contributed by atoms with E-state index in [-0.39, 0.29) is 30.9 Å². The molecule has 2 amide bonds. The highest BCUT2D eigenvalue weighted by Crippen LogP contribution is 2.37. The first-order valence-corrected chi connectivity index (χ1v) is 10.3. The van der Waals surface area contributed by atoms with Crippen LogP contribution in [-0.4, -0.2) is 50.2 Å². The Morgan fingerprint density at radius 1 is 1.17 bits per heavy atom. The minimum absolute atomic E-state index is 0.0448. The minimum Gasteiger partial charge on any atom is -0.454 e. The molecule has 2 aliphatic rings. The van der Waals surface area contributed by atoms with E-state index in [1.54, 1.807) is 17.0 Å². The molecule has 7 heteroatoms. The van der Waals surface area contributed by atoms with Crippen molar-refractivity contribution in [2.75, 3.05) is 38.4 Å². The van der Waals surface area contributed by atoms with Crippen molar-refractivity contribution in [2.45, 2.75) is 19.4 Å². The predicted octanol–water partition coefficient (Wildman–Crippen LogP) is 2.41. The Labute approximate surface area is 176 Å². The van der Waals surface area contributed by atoms with Crippen molar-refractivity contribution in [2.24, 2.45) is 5.92 Å². The average Bonchev–Trinajstić information content (AvgIpc) is 3.37. The lowest BCUT2D eigenvalue weighted by atomic mass is 10.1. The third kappa shape index (κ3) is 4.74. The Kier molecular flexibility index (Phi) is 6.18. The molecule has 30 heavy (non-hydrogen) atoms. The van der Waals surface area contributed by atoms with Crippen molar-refractivity contribution in [3.8, 4) is 11.5 Å². The van der Waals surface area contributed by atoms with Crippen LogP contribution in [0, 0.1) is 5.92 Å². The number of benzene rings is 2. The first-order valence-electron chi connectivity index (χ1n) is 10.3. The molecule has 7 nitrogen and oxygen atoms in total. The molecular formula is C23H27N3O4. The van der Waals surface area contributed by atoms with Gasteiger partial charge in [0, 0.05) is 37.8 Å². The Hall–Kier alpha value is -3.06. The van der Waals surface area contributed by atoms with Crippen LogP contribution in [0.15, 0.2) is 48.5 Å². The zero-order valence-corrected chi connectivity index (χ0v) is 17.2. The fourth-order valence-electron chi connectivity index (χ4n) is 3.86. The van der Waals surface area contributed by atoms with Crippen LogP contribution in [0.1, 0.15) is 18.4 Å². The maximum absolute atomic E-state index is 12.5. The molecule has 1 N–H and O–H groups in total. The van der Waals surface area contributed by atoms with E-state index >= 15 is 0 Å². The number of hydrogen-bond donors (Lipinski definition) is 1. The van der Waals surface area contributed by atoms with Crippen LogP contribution in [0.4, 0.5) is 5.69 Å². The first-order chi connectivity index (χ1) is 14.6. The Balaban J connectivity index is 1.21. The molecule has 1 saturated heterocycles. The molecule has 0 bridgehead atoms. The number of nitrogens with one attached hydrogen (secondary N) is 1. The third-order valence-electron chi connectivity index (χ3n) is 5.47. The molecule has 0 saturated carbocycles. The van der Waals surface area contributed by atoms with E-state index in [2.05, 4.69) is 29.4 Å². The number of nitrogens with zero attached hydrogens (tertiary/aromatic N) is 2. The highest BCUT2D eigenvalue weighted by Gasteiger charge is 2.35. The SMILES string of the molecule is CN(CCCNC(=O)C1CC(=O)N(c2ccc3c(c2)OCO3)C1)Cc1ccccc1. The normalized spacial score (nSPS) is 17.6. The molecule has 1 fully saturated rings. The number of rotatable bonds is 8. The van der Waals surface area contributed by atoms with Gasteiger partial charge in [0.25, 0.3) is 0 Å². The van der Waals surface area contributed by atoms with Gasteiger partial charge in [-0.15, -0.1) is 0 Å². The molecule has 0 radical (unpaired) electrons. The molecule has 1 atom stereocenters. The second kappa shape index (κ2) is 9.17. The molecule has 2 aromatic carbocycles. The van der Waals surface area contributed by atoms with Crippen LogP contribution in [0.5, 0.6) is 11.5 Å². The van der Waals surface area contributed by atoms with Crippen LogP contribution >= 0.6 is 0 Å². The summed E-state index contributed by atoms with van der Waals surface area (Å²) in [6.07, 6.45) is 1.09. The monoisotopic (exact) mass is 409 g/mol. The van der Waals surface area contributed by atoms with E-state index in [1.807, 2.05) is 24.3 Å². The smallest absolute Gasteiger partial charge is 0.231 e. The van der Waals surface area contributed by atoms with Crippen LogP contribution in [-0.2, 0) is 16.1 Å². The Bertz CT molecular complexity index is 903. The summed E-state index contributed by atoms with van der Waals surface area (Å²) in [7, 11) is 2.08. The summed E-state index contributed by atoms with van der Waals surface area (Å²) >= 11 is 0. The number of carbonyl (C=O) groups excluding carboxylic acids is 2. The molecule has 2 heterocycles. The van der Waals surface area contributed by atoms with Crippen molar-refractivity contribution < 1.29 is 19.1 Å². The van der Waals surface area contributed by atoms with E-state index in [4.69, 9.17) is 9.47 Å². The Morgan fingerprint density at radius 3 is 2.80 bits per heavy atom. The van der Waals surface area contributed by atoms with E-state index in [1.165, 1.54) is 5.56 Å². The van der Waals surface area contributed by atoms with Gasteiger partial charge in [-0.2, -0.15) is 0 Å². The van der Waals surface area contributed by atoms with E-state index < -0.39 is 0 Å². The van der Waals surface area contributed by atoms with E-state index in [0.29, 0.717) is 24.6 Å². The van der Waals surface area contributed by atoms with Gasteiger partial charge in [0.15, 0.2) is 11.5 Å². The standard InChI is InChI=1S/C23H27N3O4/c1-25(14-17-6-3-2-4-7-17)11-5-10-24-23(28)18-12-22(27)26(15-18)19-8-9-20-21(13-19)30-16-29-20/h2-4,6-9,13,18H,5,10-12,14-16H2,1H3,(H,24,28). The lowest BCUT2D eigenvalue weighted by Gasteiger charge is -2.18. The van der Waals surface area contributed by atoms with Crippen molar-refractivity contribution >= 4 is 17.5 Å². The third-order valence-corrected chi connectivity index (χ3v) is 5.47. The Morgan fingerprint density at radius 2 is 1.97 bits per heavy atom. The fraction of sp³-hybridized carbons (Fsp3) is 0.391. The molecule has 0 aliphatic carbocycles. The van der Waals surface area contributed by atoms with Crippen LogP contribution in [0.3, 0.4) is 0 Å². The van der Waals surface area contributed by atoms with Crippen molar-refractivity contribution in [1.29, 1.82) is 0 Å². The summed E-state index contributed by atoms with van der Waals surface area (Å²) in [4.78, 5) is 28.9. The number of amides is 2. The number of anilines is 1. The summed E-state index contributed by atoms with van der Waals surface area (Å²) in [5.41, 5.74) is 2.01. The topological polar surface area (TPSA) is 71.1 Å². The van der Waals surface area contributed by atoms with Crippen molar-refractivity contribution in [3.05, 3.63) is 54.1 Å². The summed E-state index contributed by atoms with van der Waals surface area (Å²) in [5.74, 6) is 0.878. The highest BCUT2D eigenvalue weighted by molar-refractivity contribution is 6.00. The summed E-state index contributed by atoms with van der Waals surface area (Å²) in [6, 6.07) is 15.7. The van der Waals surface area contributed by atoms with Crippen LogP contribution in [0.25, 0.3) is 0 Å². The zero-order valence-electron chi connectivity index (χ0n) is 17.2. The van der Waals surface area contributed by atoms with Crippen LogP contribution < -0.4 is 19.7 Å². The second-order valence-corrected chi connectivity index (χ2v) is 7.81. The van der Waals surface area contributed by atoms with Gasteiger partial charge >= 0.3 is 0 Å². The van der Waals surface area contributed by atoms with Gasteiger partial charge in [0.05, 0.1) is 5.92 Å². The maximum atomic E-state index is 12.5.